The molecule has 0 saturated heterocycles. The third kappa shape index (κ3) is 5.04. The molecule has 0 spiro atoms. The van der Waals surface area contributed by atoms with Gasteiger partial charge in [-0.3, -0.25) is 9.59 Å². The van der Waals surface area contributed by atoms with Gasteiger partial charge in [0, 0.05) is 18.7 Å². The van der Waals surface area contributed by atoms with Crippen LogP contribution in [0.3, 0.4) is 0 Å². The fourth-order valence-electron chi connectivity index (χ4n) is 1.22. The summed E-state index contributed by atoms with van der Waals surface area (Å²) in [5.74, 6) is -1.31. The van der Waals surface area contributed by atoms with Crippen molar-refractivity contribution in [2.75, 3.05) is 5.75 Å². The van der Waals surface area contributed by atoms with Crippen molar-refractivity contribution >= 4 is 23.6 Å². The minimum atomic E-state index is -1.13. The standard InChI is InChI=1S/C11H13NO6S/c1-6(13)12-8(11(16)17)5-19-4-7-2-9(14)10(15)3-18-7/h2-3,8,15H,4-5H2,1H3,(H,12,13)(H,16,17)/t8-/m0/s1. The molecule has 0 saturated carbocycles. The highest BCUT2D eigenvalue weighted by molar-refractivity contribution is 7.98. The summed E-state index contributed by atoms with van der Waals surface area (Å²) in [6.45, 7) is 1.24. The Hall–Kier alpha value is -1.96. The van der Waals surface area contributed by atoms with Gasteiger partial charge in [-0.1, -0.05) is 0 Å². The number of carboxylic acid groups (broad SMARTS) is 1. The van der Waals surface area contributed by atoms with Crippen LogP contribution in [0.15, 0.2) is 21.5 Å². The van der Waals surface area contributed by atoms with Crippen molar-refractivity contribution in [1.82, 2.24) is 5.32 Å². The summed E-state index contributed by atoms with van der Waals surface area (Å²) in [5.41, 5.74) is -0.557. The van der Waals surface area contributed by atoms with E-state index in [4.69, 9.17) is 14.6 Å². The lowest BCUT2D eigenvalue weighted by molar-refractivity contribution is -0.140. The van der Waals surface area contributed by atoms with E-state index < -0.39 is 29.1 Å². The van der Waals surface area contributed by atoms with E-state index in [0.717, 1.165) is 12.3 Å². The normalized spacial score (nSPS) is 11.8. The Kier molecular flexibility index (Phi) is 5.43. The molecule has 0 unspecified atom stereocenters. The van der Waals surface area contributed by atoms with Crippen LogP contribution in [0.25, 0.3) is 0 Å². The van der Waals surface area contributed by atoms with Gasteiger partial charge in [0.05, 0.1) is 5.75 Å². The smallest absolute Gasteiger partial charge is 0.327 e. The Labute approximate surface area is 112 Å². The number of amides is 1. The monoisotopic (exact) mass is 287 g/mol. The van der Waals surface area contributed by atoms with E-state index >= 15 is 0 Å². The summed E-state index contributed by atoms with van der Waals surface area (Å²) in [7, 11) is 0. The molecule has 1 rings (SSSR count). The molecule has 8 heteroatoms. The van der Waals surface area contributed by atoms with E-state index in [9.17, 15) is 14.4 Å². The van der Waals surface area contributed by atoms with E-state index in [2.05, 4.69) is 5.32 Å². The predicted molar refractivity (Wildman–Crippen MR) is 68.0 cm³/mol. The minimum absolute atomic E-state index is 0.138. The van der Waals surface area contributed by atoms with Crippen LogP contribution in [0.4, 0.5) is 0 Å². The first kappa shape index (κ1) is 15.1. The maximum Gasteiger partial charge on any atom is 0.327 e. The van der Waals surface area contributed by atoms with Crippen LogP contribution in [0.5, 0.6) is 5.75 Å². The molecular weight excluding hydrogens is 274 g/mol. The summed E-state index contributed by atoms with van der Waals surface area (Å²) in [4.78, 5) is 32.8. The van der Waals surface area contributed by atoms with Gasteiger partial charge in [0.1, 0.15) is 18.1 Å². The molecule has 19 heavy (non-hydrogen) atoms. The van der Waals surface area contributed by atoms with Crippen molar-refractivity contribution in [1.29, 1.82) is 0 Å². The Morgan fingerprint density at radius 2 is 2.21 bits per heavy atom. The van der Waals surface area contributed by atoms with Crippen molar-refractivity contribution in [3.63, 3.8) is 0 Å². The first-order valence-corrected chi connectivity index (χ1v) is 6.44. The molecule has 0 aromatic carbocycles. The van der Waals surface area contributed by atoms with Crippen molar-refractivity contribution < 1.29 is 24.2 Å². The number of aliphatic carboxylic acids is 1. The number of rotatable bonds is 6. The van der Waals surface area contributed by atoms with Crippen LogP contribution in [0, 0.1) is 0 Å². The lowest BCUT2D eigenvalue weighted by atomic mass is 10.3. The van der Waals surface area contributed by atoms with Gasteiger partial charge in [0.2, 0.25) is 11.3 Å². The van der Waals surface area contributed by atoms with E-state index in [0.29, 0.717) is 5.76 Å². The quantitative estimate of drug-likeness (QED) is 0.682. The second-order valence-corrected chi connectivity index (χ2v) is 4.73. The Bertz CT molecular complexity index is 526. The van der Waals surface area contributed by atoms with Crippen LogP contribution in [0.1, 0.15) is 12.7 Å². The highest BCUT2D eigenvalue weighted by Crippen LogP contribution is 2.13. The van der Waals surface area contributed by atoms with Gasteiger partial charge in [-0.05, 0) is 0 Å². The van der Waals surface area contributed by atoms with E-state index in [1.54, 1.807) is 0 Å². The minimum Gasteiger partial charge on any atom is -0.502 e. The third-order valence-electron chi connectivity index (χ3n) is 2.07. The maximum absolute atomic E-state index is 11.1. The molecule has 104 valence electrons. The zero-order valence-electron chi connectivity index (χ0n) is 10.1. The average molecular weight is 287 g/mol. The van der Waals surface area contributed by atoms with Crippen LogP contribution in [-0.2, 0) is 15.3 Å². The number of carboxylic acids is 1. The molecule has 0 aliphatic carbocycles. The molecular formula is C11H13NO6S. The molecule has 1 heterocycles. The summed E-state index contributed by atoms with van der Waals surface area (Å²) in [6.07, 6.45) is 0.931. The fourth-order valence-corrected chi connectivity index (χ4v) is 2.15. The number of nitrogens with one attached hydrogen (secondary N) is 1. The summed E-state index contributed by atoms with van der Waals surface area (Å²) in [6, 6.07) is 0.141. The lowest BCUT2D eigenvalue weighted by Crippen LogP contribution is -2.41. The van der Waals surface area contributed by atoms with Crippen LogP contribution < -0.4 is 10.7 Å². The van der Waals surface area contributed by atoms with Gasteiger partial charge in [0.15, 0.2) is 5.75 Å². The number of hydrogen-bond donors (Lipinski definition) is 3. The van der Waals surface area contributed by atoms with Crippen molar-refractivity contribution in [3.8, 4) is 5.75 Å². The SMILES string of the molecule is CC(=O)N[C@@H](CSCc1cc(=O)c(O)co1)C(=O)O. The molecule has 1 aromatic heterocycles. The van der Waals surface area contributed by atoms with Crippen LogP contribution in [0.2, 0.25) is 0 Å². The summed E-state index contributed by atoms with van der Waals surface area (Å²) in [5, 5.41) is 20.2. The predicted octanol–water partition coefficient (Wildman–Crippen LogP) is 0.168. The van der Waals surface area contributed by atoms with Crippen molar-refractivity contribution in [2.24, 2.45) is 0 Å². The molecule has 1 aromatic rings. The molecule has 0 aliphatic heterocycles. The topological polar surface area (TPSA) is 117 Å². The molecule has 0 fully saturated rings. The van der Waals surface area contributed by atoms with Crippen molar-refractivity contribution in [3.05, 3.63) is 28.3 Å². The van der Waals surface area contributed by atoms with E-state index in [-0.39, 0.29) is 11.5 Å². The highest BCUT2D eigenvalue weighted by atomic mass is 32.2. The maximum atomic E-state index is 11.1. The van der Waals surface area contributed by atoms with Crippen molar-refractivity contribution in [2.45, 2.75) is 18.7 Å². The van der Waals surface area contributed by atoms with Gasteiger partial charge >= 0.3 is 5.97 Å². The third-order valence-corrected chi connectivity index (χ3v) is 3.13. The first-order valence-electron chi connectivity index (χ1n) is 5.28. The first-order chi connectivity index (χ1) is 8.90. The largest absolute Gasteiger partial charge is 0.502 e. The molecule has 0 bridgehead atoms. The number of carbonyl (C=O) groups excluding carboxylic acids is 1. The zero-order valence-corrected chi connectivity index (χ0v) is 10.9. The summed E-state index contributed by atoms with van der Waals surface area (Å²) >= 11 is 1.19. The molecule has 1 amide bonds. The number of carbonyl (C=O) groups is 2. The van der Waals surface area contributed by atoms with E-state index in [1.807, 2.05) is 0 Å². The fraction of sp³-hybridized carbons (Fsp3) is 0.364. The number of thioether (sulfide) groups is 1. The Balaban J connectivity index is 2.51. The van der Waals surface area contributed by atoms with Gasteiger partial charge in [-0.2, -0.15) is 11.8 Å². The average Bonchev–Trinajstić information content (AvgIpc) is 2.31. The number of aromatic hydroxyl groups is 1. The summed E-state index contributed by atoms with van der Waals surface area (Å²) < 4.78 is 4.96. The number of hydrogen-bond acceptors (Lipinski definition) is 6. The van der Waals surface area contributed by atoms with Gasteiger partial charge < -0.3 is 19.9 Å². The van der Waals surface area contributed by atoms with Gasteiger partial charge in [-0.25, -0.2) is 4.79 Å². The molecule has 0 radical (unpaired) electrons. The van der Waals surface area contributed by atoms with Gasteiger partial charge in [0.25, 0.3) is 0 Å². The van der Waals surface area contributed by atoms with Crippen LogP contribution >= 0.6 is 11.8 Å². The zero-order chi connectivity index (χ0) is 14.4. The van der Waals surface area contributed by atoms with Gasteiger partial charge in [-0.15, -0.1) is 0 Å². The van der Waals surface area contributed by atoms with E-state index in [1.165, 1.54) is 18.7 Å². The second kappa shape index (κ2) is 6.83. The molecule has 0 aliphatic rings. The molecule has 3 N–H and O–H groups in total. The Morgan fingerprint density at radius 1 is 1.53 bits per heavy atom. The highest BCUT2D eigenvalue weighted by Gasteiger charge is 2.18. The molecule has 7 nitrogen and oxygen atoms in total. The Morgan fingerprint density at radius 3 is 2.74 bits per heavy atom. The second-order valence-electron chi connectivity index (χ2n) is 3.70. The lowest BCUT2D eigenvalue weighted by Gasteiger charge is -2.12. The van der Waals surface area contributed by atoms with Crippen LogP contribution in [-0.4, -0.2) is 33.9 Å². The molecule has 1 atom stereocenters.